The van der Waals surface area contributed by atoms with Gasteiger partial charge in [-0.2, -0.15) is 0 Å². The number of likely N-dealkylation sites (N-methyl/N-ethyl adjacent to an activating group) is 1. The number of aromatic hydroxyl groups is 2. The van der Waals surface area contributed by atoms with E-state index in [-0.39, 0.29) is 40.5 Å². The van der Waals surface area contributed by atoms with Crippen molar-refractivity contribution in [2.24, 2.45) is 0 Å². The molecule has 2 atom stereocenters. The van der Waals surface area contributed by atoms with Gasteiger partial charge >= 0.3 is 5.97 Å². The highest BCUT2D eigenvalue weighted by atomic mass is 32.2. The minimum Gasteiger partial charge on any atom is -0.507 e. The first-order valence-electron chi connectivity index (χ1n) is 9.30. The van der Waals surface area contributed by atoms with E-state index < -0.39 is 33.9 Å². The Morgan fingerprint density at radius 2 is 1.90 bits per heavy atom. The number of fused-ring (bicyclic) bond motifs is 1. The zero-order chi connectivity index (χ0) is 21.3. The summed E-state index contributed by atoms with van der Waals surface area (Å²) in [5.41, 5.74) is -0.257. The number of hydrogen-bond donors (Lipinski definition) is 2. The number of amides is 1. The predicted molar refractivity (Wildman–Crippen MR) is 107 cm³/mol. The highest BCUT2D eigenvalue weighted by Gasteiger charge is 2.36. The van der Waals surface area contributed by atoms with E-state index in [1.54, 1.807) is 31.2 Å². The summed E-state index contributed by atoms with van der Waals surface area (Å²) in [6.45, 7) is 3.40. The van der Waals surface area contributed by atoms with Gasteiger partial charge in [0, 0.05) is 23.4 Å². The van der Waals surface area contributed by atoms with E-state index >= 15 is 0 Å². The molecule has 0 unspecified atom stereocenters. The molecule has 0 radical (unpaired) electrons. The summed E-state index contributed by atoms with van der Waals surface area (Å²) in [5.74, 6) is -2.09. The molecule has 8 nitrogen and oxygen atoms in total. The molecule has 0 spiro atoms. The maximum Gasteiger partial charge on any atom is 0.342 e. The van der Waals surface area contributed by atoms with Gasteiger partial charge < -0.3 is 19.8 Å². The number of carbonyl (C=O) groups excluding carboxylic acids is 2. The lowest BCUT2D eigenvalue weighted by Gasteiger charge is -2.29. The number of phenolic OH excluding ortho intramolecular Hbond substituents is 2. The van der Waals surface area contributed by atoms with E-state index in [2.05, 4.69) is 0 Å². The molecular weight excluding hydrogens is 398 g/mol. The number of sulfone groups is 1. The zero-order valence-corrected chi connectivity index (χ0v) is 17.0. The molecule has 156 valence electrons. The third kappa shape index (κ3) is 4.14. The zero-order valence-electron chi connectivity index (χ0n) is 16.2. The Morgan fingerprint density at radius 3 is 2.48 bits per heavy atom. The summed E-state index contributed by atoms with van der Waals surface area (Å²) in [7, 11) is -3.17. The summed E-state index contributed by atoms with van der Waals surface area (Å²) in [6, 6.07) is 7.13. The highest BCUT2D eigenvalue weighted by molar-refractivity contribution is 7.91. The van der Waals surface area contributed by atoms with Gasteiger partial charge in [-0.25, -0.2) is 13.2 Å². The van der Waals surface area contributed by atoms with Crippen LogP contribution in [0.15, 0.2) is 30.3 Å². The predicted octanol–water partition coefficient (Wildman–Crippen LogP) is 1.83. The van der Waals surface area contributed by atoms with Gasteiger partial charge in [0.1, 0.15) is 17.1 Å². The first-order valence-corrected chi connectivity index (χ1v) is 11.1. The molecule has 29 heavy (non-hydrogen) atoms. The minimum atomic E-state index is -3.17. The second kappa shape index (κ2) is 7.90. The maximum absolute atomic E-state index is 12.7. The number of carbonyl (C=O) groups is 2. The molecule has 1 fully saturated rings. The largest absolute Gasteiger partial charge is 0.507 e. The van der Waals surface area contributed by atoms with Crippen molar-refractivity contribution in [3.05, 3.63) is 35.9 Å². The van der Waals surface area contributed by atoms with Crippen molar-refractivity contribution >= 4 is 32.5 Å². The average molecular weight is 421 g/mol. The molecule has 2 N–H and O–H groups in total. The molecule has 1 aliphatic heterocycles. The van der Waals surface area contributed by atoms with Gasteiger partial charge in [0.05, 0.1) is 11.5 Å². The van der Waals surface area contributed by atoms with E-state index in [9.17, 15) is 28.2 Å². The topological polar surface area (TPSA) is 121 Å². The fourth-order valence-electron chi connectivity index (χ4n) is 3.62. The van der Waals surface area contributed by atoms with Crippen molar-refractivity contribution in [2.75, 3.05) is 18.1 Å². The third-order valence-corrected chi connectivity index (χ3v) is 6.87. The third-order valence-electron chi connectivity index (χ3n) is 5.12. The van der Waals surface area contributed by atoms with Gasteiger partial charge in [0.15, 0.2) is 15.9 Å². The Labute approximate surface area is 168 Å². The molecule has 1 heterocycles. The molecule has 2 aromatic carbocycles. The second-order valence-electron chi connectivity index (χ2n) is 7.07. The lowest BCUT2D eigenvalue weighted by molar-refractivity contribution is -0.141. The lowest BCUT2D eigenvalue weighted by atomic mass is 10.0. The Bertz CT molecular complexity index is 1060. The monoisotopic (exact) mass is 421 g/mol. The standard InChI is InChI=1S/C20H23NO7S/c1-3-21(13-8-9-29(26,27)11-13)19(24)12(2)28-20(25)16-10-17(22)14-6-4-5-7-15(14)18(16)23/h4-7,10,12-13,22-23H,3,8-9,11H2,1-2H3/t12-,13-/m0/s1. The smallest absolute Gasteiger partial charge is 0.342 e. The van der Waals surface area contributed by atoms with Crippen LogP contribution in [0, 0.1) is 0 Å². The van der Waals surface area contributed by atoms with Gasteiger partial charge in [-0.05, 0) is 26.3 Å². The Balaban J connectivity index is 1.79. The van der Waals surface area contributed by atoms with E-state index in [1.807, 2.05) is 0 Å². The molecule has 0 aliphatic carbocycles. The summed E-state index contributed by atoms with van der Waals surface area (Å²) in [6.07, 6.45) is -0.833. The number of benzene rings is 2. The quantitative estimate of drug-likeness (QED) is 0.558. The Kier molecular flexibility index (Phi) is 5.70. The van der Waals surface area contributed by atoms with Crippen LogP contribution in [0.2, 0.25) is 0 Å². The molecule has 0 saturated carbocycles. The number of hydrogen-bond acceptors (Lipinski definition) is 7. The average Bonchev–Trinajstić information content (AvgIpc) is 3.04. The molecule has 9 heteroatoms. The first kappa shape index (κ1) is 20.9. The molecule has 1 amide bonds. The van der Waals surface area contributed by atoms with Gasteiger partial charge in [-0.3, -0.25) is 4.79 Å². The van der Waals surface area contributed by atoms with Crippen molar-refractivity contribution in [2.45, 2.75) is 32.4 Å². The van der Waals surface area contributed by atoms with Crippen LogP contribution < -0.4 is 0 Å². The lowest BCUT2D eigenvalue weighted by Crippen LogP contribution is -2.46. The summed E-state index contributed by atoms with van der Waals surface area (Å²) in [5, 5.41) is 21.2. The fourth-order valence-corrected chi connectivity index (χ4v) is 5.35. The molecule has 3 rings (SSSR count). The summed E-state index contributed by atoms with van der Waals surface area (Å²) >= 11 is 0. The summed E-state index contributed by atoms with van der Waals surface area (Å²) in [4.78, 5) is 26.7. The van der Waals surface area contributed by atoms with E-state index in [0.29, 0.717) is 11.8 Å². The van der Waals surface area contributed by atoms with Crippen molar-refractivity contribution in [3.8, 4) is 11.5 Å². The molecule has 1 aliphatic rings. The fraction of sp³-hybridized carbons (Fsp3) is 0.400. The first-order chi connectivity index (χ1) is 13.6. The summed E-state index contributed by atoms with van der Waals surface area (Å²) < 4.78 is 28.7. The van der Waals surface area contributed by atoms with Crippen LogP contribution in [0.3, 0.4) is 0 Å². The molecule has 0 aromatic heterocycles. The molecule has 0 bridgehead atoms. The van der Waals surface area contributed by atoms with Crippen LogP contribution in [0.4, 0.5) is 0 Å². The van der Waals surface area contributed by atoms with Crippen LogP contribution in [0.5, 0.6) is 11.5 Å². The van der Waals surface area contributed by atoms with Gasteiger partial charge in [-0.15, -0.1) is 0 Å². The Morgan fingerprint density at radius 1 is 1.24 bits per heavy atom. The van der Waals surface area contributed by atoms with Crippen LogP contribution in [-0.2, 0) is 19.4 Å². The van der Waals surface area contributed by atoms with Gasteiger partial charge in [0.25, 0.3) is 5.91 Å². The maximum atomic E-state index is 12.7. The molecule has 1 saturated heterocycles. The van der Waals surface area contributed by atoms with Crippen LogP contribution in [0.25, 0.3) is 10.8 Å². The Hall–Kier alpha value is -2.81. The van der Waals surface area contributed by atoms with E-state index in [4.69, 9.17) is 4.74 Å². The van der Waals surface area contributed by atoms with Crippen LogP contribution in [0.1, 0.15) is 30.6 Å². The van der Waals surface area contributed by atoms with Gasteiger partial charge in [-0.1, -0.05) is 24.3 Å². The number of nitrogens with zero attached hydrogens (tertiary/aromatic N) is 1. The number of phenols is 2. The van der Waals surface area contributed by atoms with Crippen LogP contribution >= 0.6 is 0 Å². The number of esters is 1. The van der Waals surface area contributed by atoms with Crippen molar-refractivity contribution in [1.82, 2.24) is 4.90 Å². The normalized spacial score (nSPS) is 19.0. The minimum absolute atomic E-state index is 0.0276. The van der Waals surface area contributed by atoms with Crippen LogP contribution in [-0.4, -0.2) is 65.6 Å². The van der Waals surface area contributed by atoms with E-state index in [0.717, 1.165) is 6.07 Å². The van der Waals surface area contributed by atoms with Crippen molar-refractivity contribution < 1.29 is 33.0 Å². The SMILES string of the molecule is CCN(C(=O)[C@H](C)OC(=O)c1cc(O)c2ccccc2c1O)[C@H]1CCS(=O)(=O)C1. The second-order valence-corrected chi connectivity index (χ2v) is 9.29. The highest BCUT2D eigenvalue weighted by Crippen LogP contribution is 2.35. The molecule has 2 aromatic rings. The van der Waals surface area contributed by atoms with Gasteiger partial charge in [0.2, 0.25) is 0 Å². The van der Waals surface area contributed by atoms with Crippen molar-refractivity contribution in [1.29, 1.82) is 0 Å². The number of rotatable bonds is 5. The molecular formula is C20H23NO7S. The van der Waals surface area contributed by atoms with E-state index in [1.165, 1.54) is 11.8 Å². The number of ether oxygens (including phenoxy) is 1. The van der Waals surface area contributed by atoms with Crippen molar-refractivity contribution in [3.63, 3.8) is 0 Å².